The van der Waals surface area contributed by atoms with Gasteiger partial charge in [0.05, 0.1) is 25.0 Å². The molecule has 21 heavy (non-hydrogen) atoms. The summed E-state index contributed by atoms with van der Waals surface area (Å²) in [6.45, 7) is 1.61. The van der Waals surface area contributed by atoms with Crippen LogP contribution >= 0.6 is 11.3 Å². The van der Waals surface area contributed by atoms with E-state index in [-0.39, 0.29) is 5.56 Å². The summed E-state index contributed by atoms with van der Waals surface area (Å²) < 4.78 is 6.38. The zero-order valence-corrected chi connectivity index (χ0v) is 13.1. The normalized spacial score (nSPS) is 10.6. The minimum atomic E-state index is -0.169. The lowest BCUT2D eigenvalue weighted by Crippen LogP contribution is -2.27. The van der Waals surface area contributed by atoms with E-state index < -0.39 is 0 Å². The van der Waals surface area contributed by atoms with Crippen molar-refractivity contribution in [1.82, 2.24) is 20.0 Å². The summed E-state index contributed by atoms with van der Waals surface area (Å²) in [5.74, 6) is 0. The molecular formula is C12H18N6O2S. The highest BCUT2D eigenvalue weighted by Crippen LogP contribution is 2.14. The lowest BCUT2D eigenvalue weighted by Gasteiger charge is -2.18. The van der Waals surface area contributed by atoms with Crippen LogP contribution in [0.1, 0.15) is 5.01 Å². The van der Waals surface area contributed by atoms with E-state index >= 15 is 0 Å². The summed E-state index contributed by atoms with van der Waals surface area (Å²) in [5, 5.41) is 16.5. The third-order valence-electron chi connectivity index (χ3n) is 2.89. The van der Waals surface area contributed by atoms with Gasteiger partial charge in [-0.05, 0) is 0 Å². The van der Waals surface area contributed by atoms with Crippen LogP contribution in [0.25, 0.3) is 0 Å². The summed E-state index contributed by atoms with van der Waals surface area (Å²) in [6, 6.07) is 1.56. The molecule has 0 aliphatic rings. The van der Waals surface area contributed by atoms with Crippen molar-refractivity contribution in [3.8, 4) is 0 Å². The SMILES string of the molecule is CNc1nnc(Cn2ncc(N(C)CCOC)cc2=O)s1. The third kappa shape index (κ3) is 3.99. The van der Waals surface area contributed by atoms with Gasteiger partial charge in [-0.1, -0.05) is 11.3 Å². The standard InChI is InChI=1S/C12H18N6O2S/c1-13-12-16-15-10(21-12)8-18-11(19)6-9(7-14-18)17(2)4-5-20-3/h6-7H,4-5,8H2,1-3H3,(H,13,16). The monoisotopic (exact) mass is 310 g/mol. The van der Waals surface area contributed by atoms with E-state index in [4.69, 9.17) is 4.74 Å². The number of aromatic nitrogens is 4. The zero-order valence-electron chi connectivity index (χ0n) is 12.2. The van der Waals surface area contributed by atoms with Crippen molar-refractivity contribution in [2.45, 2.75) is 6.54 Å². The van der Waals surface area contributed by atoms with Crippen LogP contribution in [-0.2, 0) is 11.3 Å². The van der Waals surface area contributed by atoms with Crippen molar-refractivity contribution in [1.29, 1.82) is 0 Å². The molecule has 2 aromatic heterocycles. The minimum absolute atomic E-state index is 0.169. The molecule has 0 saturated heterocycles. The van der Waals surface area contributed by atoms with Gasteiger partial charge in [0.2, 0.25) is 5.13 Å². The first-order chi connectivity index (χ1) is 10.1. The van der Waals surface area contributed by atoms with Crippen LogP contribution in [0.15, 0.2) is 17.1 Å². The number of methoxy groups -OCH3 is 1. The van der Waals surface area contributed by atoms with Gasteiger partial charge in [-0.25, -0.2) is 4.68 Å². The molecule has 9 heteroatoms. The minimum Gasteiger partial charge on any atom is -0.383 e. The Hall–Kier alpha value is -2.00. The Balaban J connectivity index is 2.10. The maximum absolute atomic E-state index is 12.1. The van der Waals surface area contributed by atoms with E-state index in [1.807, 2.05) is 11.9 Å². The first kappa shape index (κ1) is 15.4. The molecule has 8 nitrogen and oxygen atoms in total. The molecule has 0 saturated carbocycles. The van der Waals surface area contributed by atoms with Crippen LogP contribution in [0.3, 0.4) is 0 Å². The molecule has 2 aromatic rings. The summed E-state index contributed by atoms with van der Waals surface area (Å²) in [5.41, 5.74) is 0.597. The van der Waals surface area contributed by atoms with Crippen molar-refractivity contribution >= 4 is 22.2 Å². The van der Waals surface area contributed by atoms with Gasteiger partial charge >= 0.3 is 0 Å². The predicted octanol–water partition coefficient (Wildman–Crippen LogP) is 0.267. The Morgan fingerprint density at radius 2 is 2.29 bits per heavy atom. The van der Waals surface area contributed by atoms with E-state index in [9.17, 15) is 4.79 Å². The van der Waals surface area contributed by atoms with Crippen molar-refractivity contribution < 1.29 is 4.74 Å². The van der Waals surface area contributed by atoms with Crippen LogP contribution < -0.4 is 15.8 Å². The maximum atomic E-state index is 12.1. The van der Waals surface area contributed by atoms with Gasteiger partial charge in [0.25, 0.3) is 5.56 Å². The van der Waals surface area contributed by atoms with Crippen molar-refractivity contribution in [2.24, 2.45) is 0 Å². The molecule has 0 aromatic carbocycles. The smallest absolute Gasteiger partial charge is 0.269 e. The van der Waals surface area contributed by atoms with Crippen LogP contribution in [0.5, 0.6) is 0 Å². The topological polar surface area (TPSA) is 85.2 Å². The Bertz CT molecular complexity index is 641. The molecule has 2 heterocycles. The number of hydrogen-bond acceptors (Lipinski definition) is 8. The van der Waals surface area contributed by atoms with Crippen LogP contribution in [0.4, 0.5) is 10.8 Å². The first-order valence-electron chi connectivity index (χ1n) is 6.41. The molecule has 0 unspecified atom stereocenters. The summed E-state index contributed by atoms with van der Waals surface area (Å²) in [7, 11) is 5.31. The van der Waals surface area contributed by atoms with Gasteiger partial charge < -0.3 is 15.0 Å². The molecule has 0 atom stereocenters. The van der Waals surface area contributed by atoms with E-state index in [0.717, 1.165) is 10.7 Å². The molecule has 114 valence electrons. The number of nitrogens with one attached hydrogen (secondary N) is 1. The summed E-state index contributed by atoms with van der Waals surface area (Å²) in [4.78, 5) is 14.0. The van der Waals surface area contributed by atoms with Crippen molar-refractivity contribution in [3.05, 3.63) is 27.6 Å². The van der Waals surface area contributed by atoms with Gasteiger partial charge in [0.15, 0.2) is 0 Å². The van der Waals surface area contributed by atoms with Gasteiger partial charge in [0, 0.05) is 33.8 Å². The molecule has 0 bridgehead atoms. The van der Waals surface area contributed by atoms with E-state index in [2.05, 4.69) is 20.6 Å². The maximum Gasteiger partial charge on any atom is 0.269 e. The molecule has 2 rings (SSSR count). The Kier molecular flexibility index (Phi) is 5.23. The van der Waals surface area contributed by atoms with Gasteiger partial charge in [-0.2, -0.15) is 5.10 Å². The Morgan fingerprint density at radius 3 is 2.90 bits per heavy atom. The molecular weight excluding hydrogens is 292 g/mol. The molecule has 0 amide bonds. The highest BCUT2D eigenvalue weighted by atomic mass is 32.1. The highest BCUT2D eigenvalue weighted by Gasteiger charge is 2.08. The van der Waals surface area contributed by atoms with Crippen LogP contribution in [-0.4, -0.2) is 54.3 Å². The molecule has 0 aliphatic carbocycles. The fraction of sp³-hybridized carbons (Fsp3) is 0.500. The van der Waals surface area contributed by atoms with Gasteiger partial charge in [-0.3, -0.25) is 4.79 Å². The third-order valence-corrected chi connectivity index (χ3v) is 3.82. The first-order valence-corrected chi connectivity index (χ1v) is 7.23. The quantitative estimate of drug-likeness (QED) is 0.785. The average Bonchev–Trinajstić information content (AvgIpc) is 2.94. The second-order valence-corrected chi connectivity index (χ2v) is 5.44. The zero-order chi connectivity index (χ0) is 15.2. The lowest BCUT2D eigenvalue weighted by molar-refractivity contribution is 0.206. The fourth-order valence-electron chi connectivity index (χ4n) is 1.66. The molecule has 0 radical (unpaired) electrons. The second-order valence-electron chi connectivity index (χ2n) is 4.37. The number of rotatable bonds is 7. The van der Waals surface area contributed by atoms with Crippen molar-refractivity contribution in [3.63, 3.8) is 0 Å². The number of anilines is 2. The van der Waals surface area contributed by atoms with E-state index in [1.54, 1.807) is 26.4 Å². The molecule has 0 aliphatic heterocycles. The average molecular weight is 310 g/mol. The number of nitrogens with zero attached hydrogens (tertiary/aromatic N) is 5. The van der Waals surface area contributed by atoms with Crippen LogP contribution in [0.2, 0.25) is 0 Å². The number of likely N-dealkylation sites (N-methyl/N-ethyl adjacent to an activating group) is 1. The summed E-state index contributed by atoms with van der Waals surface area (Å²) >= 11 is 1.40. The van der Waals surface area contributed by atoms with Crippen molar-refractivity contribution in [2.75, 3.05) is 44.6 Å². The van der Waals surface area contributed by atoms with Gasteiger partial charge in [-0.15, -0.1) is 10.2 Å². The molecule has 0 fully saturated rings. The molecule has 0 spiro atoms. The molecule has 1 N–H and O–H groups in total. The Labute approximate surface area is 126 Å². The lowest BCUT2D eigenvalue weighted by atomic mass is 10.4. The predicted molar refractivity (Wildman–Crippen MR) is 82.2 cm³/mol. The number of ether oxygens (including phenoxy) is 1. The number of hydrogen-bond donors (Lipinski definition) is 1. The highest BCUT2D eigenvalue weighted by molar-refractivity contribution is 7.15. The fourth-order valence-corrected chi connectivity index (χ4v) is 2.33. The van der Waals surface area contributed by atoms with Crippen LogP contribution in [0, 0.1) is 0 Å². The second kappa shape index (κ2) is 7.14. The Morgan fingerprint density at radius 1 is 1.48 bits per heavy atom. The largest absolute Gasteiger partial charge is 0.383 e. The van der Waals surface area contributed by atoms with E-state index in [1.165, 1.54) is 16.0 Å². The summed E-state index contributed by atoms with van der Waals surface area (Å²) in [6.07, 6.45) is 1.66. The van der Waals surface area contributed by atoms with Gasteiger partial charge in [0.1, 0.15) is 5.01 Å². The van der Waals surface area contributed by atoms with E-state index in [0.29, 0.717) is 24.8 Å².